The number of para-hydroxylation sites is 1. The van der Waals surface area contributed by atoms with Gasteiger partial charge in [-0.2, -0.15) is 8.42 Å². The third kappa shape index (κ3) is 3.32. The van der Waals surface area contributed by atoms with E-state index in [1.54, 1.807) is 12.1 Å². The molecule has 0 atom stereocenters. The van der Waals surface area contributed by atoms with Gasteiger partial charge in [-0.3, -0.25) is 0 Å². The summed E-state index contributed by atoms with van der Waals surface area (Å²) in [6.45, 7) is 0. The molecule has 0 aromatic heterocycles. The fourth-order valence-electron chi connectivity index (χ4n) is 0.601. The molecule has 8 heteroatoms. The second kappa shape index (κ2) is 4.81. The average Bonchev–Trinajstić information content (AvgIpc) is 2.17. The molecule has 0 aliphatic rings. The molecule has 0 radical (unpaired) electrons. The molecule has 14 heavy (non-hydrogen) atoms. The molecule has 0 fully saturated rings. The lowest BCUT2D eigenvalue weighted by molar-refractivity contribution is -0.101. The minimum Gasteiger partial charge on any atom is -0.318 e. The van der Waals surface area contributed by atoms with Gasteiger partial charge in [0.2, 0.25) is 0 Å². The van der Waals surface area contributed by atoms with Crippen LogP contribution >= 0.6 is 23.5 Å². The number of hydrogen-bond donors (Lipinski definition) is 0. The molecule has 1 rings (SSSR count). The summed E-state index contributed by atoms with van der Waals surface area (Å²) < 4.78 is 28.4. The minimum atomic E-state index is -4.35. The Kier molecular flexibility index (Phi) is 3.97. The first-order chi connectivity index (χ1) is 6.55. The van der Waals surface area contributed by atoms with Gasteiger partial charge in [0.05, 0.1) is 16.9 Å². The minimum absolute atomic E-state index is 0.0338. The molecule has 0 saturated heterocycles. The molecule has 0 aliphatic heterocycles. The van der Waals surface area contributed by atoms with Gasteiger partial charge in [-0.25, -0.2) is 0 Å². The van der Waals surface area contributed by atoms with Crippen LogP contribution in [-0.2, 0) is 18.5 Å². The SMILES string of the molecule is O=S(=O)(OCl)OOc1ccccc1Cl. The maximum Gasteiger partial charge on any atom is 0.451 e. The van der Waals surface area contributed by atoms with E-state index in [2.05, 4.69) is 24.8 Å². The van der Waals surface area contributed by atoms with Gasteiger partial charge in [-0.05, 0) is 16.5 Å². The van der Waals surface area contributed by atoms with Crippen molar-refractivity contribution in [2.75, 3.05) is 0 Å². The molecule has 78 valence electrons. The highest BCUT2D eigenvalue weighted by molar-refractivity contribution is 7.82. The highest BCUT2D eigenvalue weighted by Crippen LogP contribution is 2.23. The Morgan fingerprint density at radius 1 is 1.21 bits per heavy atom. The van der Waals surface area contributed by atoms with Gasteiger partial charge in [0, 0.05) is 0 Å². The van der Waals surface area contributed by atoms with Gasteiger partial charge >= 0.3 is 10.4 Å². The first-order valence-electron chi connectivity index (χ1n) is 3.21. The smallest absolute Gasteiger partial charge is 0.318 e. The molecule has 0 spiro atoms. The Labute approximate surface area is 90.5 Å². The van der Waals surface area contributed by atoms with Crippen LogP contribution in [0.4, 0.5) is 0 Å². The number of hydrogen-bond acceptors (Lipinski definition) is 5. The van der Waals surface area contributed by atoms with Crippen molar-refractivity contribution in [3.8, 4) is 5.75 Å². The summed E-state index contributed by atoms with van der Waals surface area (Å²) in [7, 11) is -4.35. The fourth-order valence-corrected chi connectivity index (χ4v) is 1.01. The highest BCUT2D eigenvalue weighted by Gasteiger charge is 2.14. The van der Waals surface area contributed by atoms with E-state index in [9.17, 15) is 8.42 Å². The Bertz CT molecular complexity index is 404. The maximum atomic E-state index is 10.5. The van der Waals surface area contributed by atoms with Gasteiger partial charge in [0.25, 0.3) is 0 Å². The van der Waals surface area contributed by atoms with E-state index in [-0.39, 0.29) is 10.8 Å². The quantitative estimate of drug-likeness (QED) is 0.611. The fraction of sp³-hybridized carbons (Fsp3) is 0. The van der Waals surface area contributed by atoms with E-state index in [0.29, 0.717) is 0 Å². The van der Waals surface area contributed by atoms with Crippen LogP contribution in [0.3, 0.4) is 0 Å². The molecule has 0 amide bonds. The van der Waals surface area contributed by atoms with Gasteiger partial charge in [0.1, 0.15) is 0 Å². The van der Waals surface area contributed by atoms with Crippen molar-refractivity contribution in [2.24, 2.45) is 0 Å². The van der Waals surface area contributed by atoms with E-state index in [1.807, 2.05) is 0 Å². The molecule has 0 N–H and O–H groups in total. The van der Waals surface area contributed by atoms with E-state index < -0.39 is 10.4 Å². The predicted octanol–water partition coefficient (Wildman–Crippen LogP) is 2.07. The summed E-state index contributed by atoms with van der Waals surface area (Å²) in [4.78, 5) is 4.36. The van der Waals surface area contributed by atoms with Crippen molar-refractivity contribution >= 4 is 33.9 Å². The van der Waals surface area contributed by atoms with Crippen molar-refractivity contribution in [1.29, 1.82) is 0 Å². The molecular weight excluding hydrogens is 255 g/mol. The van der Waals surface area contributed by atoms with Crippen molar-refractivity contribution in [2.45, 2.75) is 0 Å². The van der Waals surface area contributed by atoms with Crippen LogP contribution in [0.2, 0.25) is 5.02 Å². The normalized spacial score (nSPS) is 11.3. The zero-order valence-electron chi connectivity index (χ0n) is 6.51. The van der Waals surface area contributed by atoms with E-state index in [1.165, 1.54) is 12.1 Å². The number of halogens is 2. The van der Waals surface area contributed by atoms with E-state index in [4.69, 9.17) is 11.6 Å². The largest absolute Gasteiger partial charge is 0.451 e. The zero-order valence-corrected chi connectivity index (χ0v) is 8.84. The van der Waals surface area contributed by atoms with Gasteiger partial charge in [0.15, 0.2) is 5.75 Å². The van der Waals surface area contributed by atoms with Gasteiger partial charge in [-0.15, -0.1) is 3.74 Å². The zero-order chi connectivity index (χ0) is 10.6. The van der Waals surface area contributed by atoms with Crippen LogP contribution in [0, 0.1) is 0 Å². The molecule has 0 unspecified atom stereocenters. The lowest BCUT2D eigenvalue weighted by Crippen LogP contribution is -2.08. The summed E-state index contributed by atoms with van der Waals surface area (Å²) in [6.07, 6.45) is 0. The summed E-state index contributed by atoms with van der Waals surface area (Å²) in [5.41, 5.74) is 0. The molecule has 0 heterocycles. The van der Waals surface area contributed by atoms with Gasteiger partial charge < -0.3 is 4.89 Å². The van der Waals surface area contributed by atoms with E-state index >= 15 is 0 Å². The van der Waals surface area contributed by atoms with Crippen molar-refractivity contribution in [1.82, 2.24) is 0 Å². The first-order valence-corrected chi connectivity index (χ1v) is 5.23. The van der Waals surface area contributed by atoms with Crippen LogP contribution in [0.5, 0.6) is 5.75 Å². The van der Waals surface area contributed by atoms with Crippen LogP contribution < -0.4 is 4.89 Å². The van der Waals surface area contributed by atoms with Crippen LogP contribution in [0.15, 0.2) is 24.3 Å². The van der Waals surface area contributed by atoms with E-state index in [0.717, 1.165) is 0 Å². The molecule has 0 aliphatic carbocycles. The summed E-state index contributed by atoms with van der Waals surface area (Å²) in [5, 5.41) is 0.192. The molecule has 1 aromatic carbocycles. The Hall–Kier alpha value is -0.530. The first kappa shape index (κ1) is 11.5. The predicted molar refractivity (Wildman–Crippen MR) is 49.0 cm³/mol. The van der Waals surface area contributed by atoms with Crippen molar-refractivity contribution in [3.05, 3.63) is 29.3 Å². The molecule has 0 saturated carbocycles. The van der Waals surface area contributed by atoms with Crippen LogP contribution in [0.25, 0.3) is 0 Å². The molecular formula is C6H4Cl2O5S. The maximum absolute atomic E-state index is 10.5. The Balaban J connectivity index is 2.68. The topological polar surface area (TPSA) is 61.8 Å². The monoisotopic (exact) mass is 258 g/mol. The van der Waals surface area contributed by atoms with Crippen LogP contribution in [0.1, 0.15) is 0 Å². The van der Waals surface area contributed by atoms with Crippen molar-refractivity contribution in [3.63, 3.8) is 0 Å². The molecule has 5 nitrogen and oxygen atoms in total. The van der Waals surface area contributed by atoms with Gasteiger partial charge in [-0.1, -0.05) is 23.7 Å². The highest BCUT2D eigenvalue weighted by atomic mass is 35.5. The molecule has 0 bridgehead atoms. The summed E-state index contributed by atoms with van der Waals surface area (Å²) in [6, 6.07) is 6.13. The number of benzene rings is 1. The lowest BCUT2D eigenvalue weighted by Gasteiger charge is -2.02. The Morgan fingerprint density at radius 2 is 1.86 bits per heavy atom. The second-order valence-electron chi connectivity index (χ2n) is 2.05. The second-order valence-corrected chi connectivity index (χ2v) is 3.92. The number of rotatable bonds is 4. The summed E-state index contributed by atoms with van der Waals surface area (Å²) >= 11 is 10.2. The molecule has 1 aromatic rings. The lowest BCUT2D eigenvalue weighted by atomic mass is 10.3. The van der Waals surface area contributed by atoms with Crippen molar-refractivity contribution < 1.29 is 21.4 Å². The standard InChI is InChI=1S/C6H4Cl2O5S/c7-5-3-1-2-4-6(5)11-13-14(9,10)12-8/h1-4H. The van der Waals surface area contributed by atoms with Crippen LogP contribution in [-0.4, -0.2) is 8.42 Å². The third-order valence-electron chi connectivity index (χ3n) is 1.12. The Morgan fingerprint density at radius 3 is 2.43 bits per heavy atom. The third-order valence-corrected chi connectivity index (χ3v) is 2.29. The summed E-state index contributed by atoms with van der Waals surface area (Å²) in [5.74, 6) is 0.0338. The average molecular weight is 259 g/mol.